The van der Waals surface area contributed by atoms with Crippen LogP contribution in [0.1, 0.15) is 12.5 Å². The van der Waals surface area contributed by atoms with E-state index in [4.69, 9.17) is 15.5 Å². The van der Waals surface area contributed by atoms with Crippen LogP contribution in [0.4, 0.5) is 4.39 Å². The fourth-order valence-electron chi connectivity index (χ4n) is 0.595. The molecular weight excluding hydrogens is 173 g/mol. The lowest BCUT2D eigenvalue weighted by atomic mass is 10.2. The number of phenolic OH excluding ortho intramolecular Hbond substituents is 1. The molecule has 0 saturated heterocycles. The van der Waals surface area contributed by atoms with E-state index < -0.39 is 5.82 Å². The summed E-state index contributed by atoms with van der Waals surface area (Å²) in [6.45, 7) is 1.93. The Labute approximate surface area is 75.7 Å². The van der Waals surface area contributed by atoms with Gasteiger partial charge in [-0.3, -0.25) is 0 Å². The average molecular weight is 183 g/mol. The summed E-state index contributed by atoms with van der Waals surface area (Å²) in [6, 6.07) is 5.03. The maximum atomic E-state index is 12.5. The van der Waals surface area contributed by atoms with E-state index in [-0.39, 0.29) is 17.9 Å². The van der Waals surface area contributed by atoms with Gasteiger partial charge in [-0.2, -0.15) is 5.26 Å². The molecule has 0 fully saturated rings. The highest BCUT2D eigenvalue weighted by molar-refractivity contribution is 5.35. The van der Waals surface area contributed by atoms with Crippen molar-refractivity contribution in [1.82, 2.24) is 0 Å². The molecule has 0 radical (unpaired) electrons. The molecule has 4 heteroatoms. The highest BCUT2D eigenvalue weighted by Crippen LogP contribution is 2.13. The molecule has 0 heterocycles. The van der Waals surface area contributed by atoms with Gasteiger partial charge in [-0.15, -0.1) is 0 Å². The molecule has 0 amide bonds. The number of hydrogen-bond acceptors (Lipinski definition) is 3. The molecule has 0 aliphatic heterocycles. The second kappa shape index (κ2) is 5.98. The minimum Gasteiger partial charge on any atom is -0.508 e. The molecule has 13 heavy (non-hydrogen) atoms. The van der Waals surface area contributed by atoms with Crippen molar-refractivity contribution in [3.63, 3.8) is 0 Å². The third-order valence-electron chi connectivity index (χ3n) is 1.07. The summed E-state index contributed by atoms with van der Waals surface area (Å²) in [5.41, 5.74) is -0.0576. The summed E-state index contributed by atoms with van der Waals surface area (Å²) in [6.07, 6.45) is 0. The number of halogens is 1. The van der Waals surface area contributed by atoms with Crippen molar-refractivity contribution in [3.05, 3.63) is 29.6 Å². The monoisotopic (exact) mass is 183 g/mol. The van der Waals surface area contributed by atoms with E-state index in [1.54, 1.807) is 13.0 Å². The summed E-state index contributed by atoms with van der Waals surface area (Å²) < 4.78 is 12.5. The van der Waals surface area contributed by atoms with Gasteiger partial charge in [-0.25, -0.2) is 4.39 Å². The van der Waals surface area contributed by atoms with Gasteiger partial charge in [0, 0.05) is 12.7 Å². The van der Waals surface area contributed by atoms with Gasteiger partial charge in [-0.1, -0.05) is 0 Å². The molecule has 1 aromatic carbocycles. The lowest BCUT2D eigenvalue weighted by molar-refractivity contribution is 0.318. The van der Waals surface area contributed by atoms with Crippen molar-refractivity contribution < 1.29 is 14.6 Å². The fraction of sp³-hybridized carbons (Fsp3) is 0.222. The van der Waals surface area contributed by atoms with Crippen molar-refractivity contribution >= 4 is 0 Å². The molecule has 0 atom stereocenters. The normalized spacial score (nSPS) is 8.15. The lowest BCUT2D eigenvalue weighted by Crippen LogP contribution is -1.80. The maximum Gasteiger partial charge on any atom is 0.144 e. The quantitative estimate of drug-likeness (QED) is 0.639. The van der Waals surface area contributed by atoms with Crippen LogP contribution < -0.4 is 0 Å². The zero-order valence-electron chi connectivity index (χ0n) is 7.16. The van der Waals surface area contributed by atoms with Crippen LogP contribution in [-0.2, 0) is 0 Å². The molecular formula is C9H10FNO2. The van der Waals surface area contributed by atoms with Crippen LogP contribution in [0.25, 0.3) is 0 Å². The zero-order chi connectivity index (χ0) is 10.3. The summed E-state index contributed by atoms with van der Waals surface area (Å²) in [7, 11) is 0. The first kappa shape index (κ1) is 11.4. The maximum absolute atomic E-state index is 12.5. The molecule has 0 aliphatic carbocycles. The summed E-state index contributed by atoms with van der Waals surface area (Å²) in [4.78, 5) is 0. The van der Waals surface area contributed by atoms with Crippen LogP contribution in [0.5, 0.6) is 5.75 Å². The van der Waals surface area contributed by atoms with Crippen molar-refractivity contribution in [3.8, 4) is 11.8 Å². The molecule has 0 bridgehead atoms. The minimum absolute atomic E-state index is 0.0576. The van der Waals surface area contributed by atoms with Crippen LogP contribution in [-0.4, -0.2) is 16.8 Å². The molecule has 0 spiro atoms. The van der Waals surface area contributed by atoms with Gasteiger partial charge in [0.1, 0.15) is 17.6 Å². The van der Waals surface area contributed by atoms with E-state index in [1.165, 1.54) is 12.1 Å². The molecule has 70 valence electrons. The number of phenols is 1. The summed E-state index contributed by atoms with van der Waals surface area (Å²) >= 11 is 0. The number of aromatic hydroxyl groups is 1. The molecule has 1 aromatic rings. The first-order valence-electron chi connectivity index (χ1n) is 3.65. The van der Waals surface area contributed by atoms with Crippen molar-refractivity contribution in [2.75, 3.05) is 6.61 Å². The largest absolute Gasteiger partial charge is 0.508 e. The van der Waals surface area contributed by atoms with Gasteiger partial charge in [-0.05, 0) is 19.1 Å². The Hall–Kier alpha value is -1.60. The van der Waals surface area contributed by atoms with Crippen LogP contribution in [0.3, 0.4) is 0 Å². The average Bonchev–Trinajstić information content (AvgIpc) is 2.06. The Morgan fingerprint density at radius 1 is 1.54 bits per heavy atom. The minimum atomic E-state index is -0.692. The Morgan fingerprint density at radius 3 is 2.46 bits per heavy atom. The molecule has 0 saturated carbocycles. The van der Waals surface area contributed by atoms with Crippen LogP contribution in [0, 0.1) is 17.1 Å². The van der Waals surface area contributed by atoms with E-state index in [2.05, 4.69) is 0 Å². The Balaban J connectivity index is 0.000000424. The Bertz CT molecular complexity index is 307. The zero-order valence-corrected chi connectivity index (χ0v) is 7.16. The van der Waals surface area contributed by atoms with E-state index in [1.807, 2.05) is 0 Å². The topological polar surface area (TPSA) is 64.2 Å². The van der Waals surface area contributed by atoms with E-state index in [0.29, 0.717) is 0 Å². The molecule has 0 aromatic heterocycles. The second-order valence-corrected chi connectivity index (χ2v) is 2.09. The standard InChI is InChI=1S/C7H4FNO.C2H6O/c8-7-3-6(10)2-1-5(7)4-9;1-2-3/h1-3,10H;3H,2H2,1H3. The third-order valence-corrected chi connectivity index (χ3v) is 1.07. The number of benzene rings is 1. The molecule has 2 N–H and O–H groups in total. The van der Waals surface area contributed by atoms with E-state index in [9.17, 15) is 4.39 Å². The smallest absolute Gasteiger partial charge is 0.144 e. The number of rotatable bonds is 0. The van der Waals surface area contributed by atoms with Crippen LogP contribution >= 0.6 is 0 Å². The van der Waals surface area contributed by atoms with Gasteiger partial charge < -0.3 is 10.2 Å². The third kappa shape index (κ3) is 4.09. The molecule has 3 nitrogen and oxygen atoms in total. The van der Waals surface area contributed by atoms with Gasteiger partial charge >= 0.3 is 0 Å². The van der Waals surface area contributed by atoms with Crippen molar-refractivity contribution in [2.45, 2.75) is 6.92 Å². The van der Waals surface area contributed by atoms with Crippen LogP contribution in [0.2, 0.25) is 0 Å². The van der Waals surface area contributed by atoms with Gasteiger partial charge in [0.05, 0.1) is 5.56 Å². The highest BCUT2D eigenvalue weighted by Gasteiger charge is 1.99. The predicted octanol–water partition coefficient (Wildman–Crippen LogP) is 1.40. The number of aliphatic hydroxyl groups excluding tert-OH is 1. The van der Waals surface area contributed by atoms with E-state index >= 15 is 0 Å². The van der Waals surface area contributed by atoms with Crippen molar-refractivity contribution in [2.24, 2.45) is 0 Å². The van der Waals surface area contributed by atoms with Crippen molar-refractivity contribution in [1.29, 1.82) is 5.26 Å². The van der Waals surface area contributed by atoms with Gasteiger partial charge in [0.2, 0.25) is 0 Å². The number of nitrogens with zero attached hydrogens (tertiary/aromatic N) is 1. The first-order valence-corrected chi connectivity index (χ1v) is 3.65. The first-order chi connectivity index (χ1) is 6.15. The van der Waals surface area contributed by atoms with Crippen LogP contribution in [0.15, 0.2) is 18.2 Å². The SMILES string of the molecule is CCO.N#Cc1ccc(O)cc1F. The van der Waals surface area contributed by atoms with Gasteiger partial charge in [0.15, 0.2) is 0 Å². The summed E-state index contributed by atoms with van der Waals surface area (Å²) in [5, 5.41) is 24.5. The van der Waals surface area contributed by atoms with Gasteiger partial charge in [0.25, 0.3) is 0 Å². The molecule has 1 rings (SSSR count). The molecule has 0 unspecified atom stereocenters. The predicted molar refractivity (Wildman–Crippen MR) is 45.5 cm³/mol. The lowest BCUT2D eigenvalue weighted by Gasteiger charge is -1.92. The number of nitriles is 1. The number of hydrogen-bond donors (Lipinski definition) is 2. The second-order valence-electron chi connectivity index (χ2n) is 2.09. The van der Waals surface area contributed by atoms with E-state index in [0.717, 1.165) is 6.07 Å². The highest BCUT2D eigenvalue weighted by atomic mass is 19.1. The Kier molecular flexibility index (Phi) is 5.24. The Morgan fingerprint density at radius 2 is 2.08 bits per heavy atom. The fourth-order valence-corrected chi connectivity index (χ4v) is 0.595. The molecule has 0 aliphatic rings. The summed E-state index contributed by atoms with van der Waals surface area (Å²) in [5.74, 6) is -0.862. The number of aliphatic hydroxyl groups is 1.